The Morgan fingerprint density at radius 2 is 1.85 bits per heavy atom. The maximum absolute atomic E-state index is 12.3. The molecule has 1 amide bonds. The van der Waals surface area contributed by atoms with E-state index >= 15 is 0 Å². The summed E-state index contributed by atoms with van der Waals surface area (Å²) in [6.07, 6.45) is 4.48. The van der Waals surface area contributed by atoms with Gasteiger partial charge in [-0.15, -0.1) is 0 Å². The summed E-state index contributed by atoms with van der Waals surface area (Å²) in [5, 5.41) is 4.00. The number of carbonyl (C=O) groups is 1. The van der Waals surface area contributed by atoms with Gasteiger partial charge in [-0.25, -0.2) is 13.4 Å². The Bertz CT molecular complexity index is 1070. The van der Waals surface area contributed by atoms with Crippen molar-refractivity contribution in [1.29, 1.82) is 0 Å². The van der Waals surface area contributed by atoms with Crippen molar-refractivity contribution >= 4 is 38.2 Å². The number of benzene rings is 1. The van der Waals surface area contributed by atoms with Gasteiger partial charge in [0.2, 0.25) is 0 Å². The van der Waals surface area contributed by atoms with Gasteiger partial charge in [-0.1, -0.05) is 23.7 Å². The van der Waals surface area contributed by atoms with Crippen LogP contribution in [-0.2, 0) is 9.84 Å². The number of nitrogens with zero attached hydrogens (tertiary/aromatic N) is 2. The average Bonchev–Trinajstić information content (AvgIpc) is 2.60. The van der Waals surface area contributed by atoms with Crippen molar-refractivity contribution < 1.29 is 13.2 Å². The van der Waals surface area contributed by atoms with Gasteiger partial charge in [-0.2, -0.15) is 0 Å². The van der Waals surface area contributed by atoms with Crippen LogP contribution in [-0.4, -0.2) is 42.8 Å². The quantitative estimate of drug-likeness (QED) is 0.724. The monoisotopic (exact) mass is 389 g/mol. The van der Waals surface area contributed by atoms with Gasteiger partial charge >= 0.3 is 0 Å². The molecule has 0 aliphatic heterocycles. The fourth-order valence-corrected chi connectivity index (χ4v) is 3.05. The first-order chi connectivity index (χ1) is 12.3. The Morgan fingerprint density at radius 3 is 2.54 bits per heavy atom. The fraction of sp³-hybridized carbons (Fsp3) is 0.167. The number of hydrogen-bond acceptors (Lipinski definition) is 5. The smallest absolute Gasteiger partial charge is 0.269 e. The molecule has 0 unspecified atom stereocenters. The summed E-state index contributed by atoms with van der Waals surface area (Å²) >= 11 is 5.94. The average molecular weight is 390 g/mol. The highest BCUT2D eigenvalue weighted by atomic mass is 35.5. The molecule has 26 heavy (non-hydrogen) atoms. The van der Waals surface area contributed by atoms with E-state index in [1.165, 1.54) is 0 Å². The highest BCUT2D eigenvalue weighted by molar-refractivity contribution is 7.90. The largest absolute Gasteiger partial charge is 0.350 e. The first-order valence-corrected chi connectivity index (χ1v) is 10.2. The second kappa shape index (κ2) is 7.39. The van der Waals surface area contributed by atoms with Crippen LogP contribution in [0.15, 0.2) is 48.8 Å². The minimum Gasteiger partial charge on any atom is -0.350 e. The Hall–Kier alpha value is -2.51. The molecule has 6 nitrogen and oxygen atoms in total. The molecule has 0 saturated heterocycles. The van der Waals surface area contributed by atoms with Crippen LogP contribution in [0.3, 0.4) is 0 Å². The standard InChI is InChI=1S/C18H16ClN3O3S/c1-26(24,25)9-8-21-18(23)16-7-4-13-10-20-11-15(17(13)22-16)12-2-5-14(19)6-3-12/h2-7,10-11H,8-9H2,1H3,(H,21,23). The van der Waals surface area contributed by atoms with Crippen molar-refractivity contribution in [3.63, 3.8) is 0 Å². The van der Waals surface area contributed by atoms with E-state index in [1.807, 2.05) is 12.1 Å². The maximum atomic E-state index is 12.3. The summed E-state index contributed by atoms with van der Waals surface area (Å²) in [5.74, 6) is -0.541. The second-order valence-electron chi connectivity index (χ2n) is 5.85. The summed E-state index contributed by atoms with van der Waals surface area (Å²) in [4.78, 5) is 20.9. The zero-order valence-corrected chi connectivity index (χ0v) is 15.5. The van der Waals surface area contributed by atoms with Crippen LogP contribution in [0.4, 0.5) is 0 Å². The minimum atomic E-state index is -3.14. The van der Waals surface area contributed by atoms with Crippen LogP contribution in [0.25, 0.3) is 22.0 Å². The summed E-state index contributed by atoms with van der Waals surface area (Å²) in [5.41, 5.74) is 2.52. The summed E-state index contributed by atoms with van der Waals surface area (Å²) in [7, 11) is -3.14. The van der Waals surface area contributed by atoms with Gasteiger partial charge < -0.3 is 5.32 Å². The number of rotatable bonds is 5. The number of amides is 1. The molecule has 2 aromatic heterocycles. The third-order valence-corrected chi connectivity index (χ3v) is 4.94. The predicted octanol–water partition coefficient (Wildman–Crippen LogP) is 2.72. The van der Waals surface area contributed by atoms with Crippen LogP contribution in [0, 0.1) is 0 Å². The van der Waals surface area contributed by atoms with Crippen molar-refractivity contribution in [3.8, 4) is 11.1 Å². The fourth-order valence-electron chi connectivity index (χ4n) is 2.45. The van der Waals surface area contributed by atoms with E-state index in [-0.39, 0.29) is 18.0 Å². The number of halogens is 1. The molecule has 0 spiro atoms. The molecule has 0 atom stereocenters. The molecule has 0 aliphatic carbocycles. The van der Waals surface area contributed by atoms with Gasteiger partial charge in [0.25, 0.3) is 5.91 Å². The number of carbonyl (C=O) groups excluding carboxylic acids is 1. The van der Waals surface area contributed by atoms with Gasteiger partial charge in [0.05, 0.1) is 11.3 Å². The Labute approximate surface area is 156 Å². The van der Waals surface area contributed by atoms with E-state index < -0.39 is 15.7 Å². The molecule has 3 rings (SSSR count). The SMILES string of the molecule is CS(=O)(=O)CCNC(=O)c1ccc2cncc(-c3ccc(Cl)cc3)c2n1. The van der Waals surface area contributed by atoms with Crippen molar-refractivity contribution in [2.24, 2.45) is 0 Å². The Morgan fingerprint density at radius 1 is 1.12 bits per heavy atom. The van der Waals surface area contributed by atoms with E-state index in [9.17, 15) is 13.2 Å². The third kappa shape index (κ3) is 4.36. The maximum Gasteiger partial charge on any atom is 0.269 e. The number of aromatic nitrogens is 2. The van der Waals surface area contributed by atoms with E-state index in [2.05, 4.69) is 15.3 Å². The normalized spacial score (nSPS) is 11.5. The van der Waals surface area contributed by atoms with E-state index in [4.69, 9.17) is 11.6 Å². The van der Waals surface area contributed by atoms with Gasteiger partial charge in [0, 0.05) is 41.2 Å². The lowest BCUT2D eigenvalue weighted by Gasteiger charge is -2.08. The second-order valence-corrected chi connectivity index (χ2v) is 8.54. The molecule has 3 aromatic rings. The molecule has 2 heterocycles. The number of sulfone groups is 1. The molecule has 0 saturated carbocycles. The van der Waals surface area contributed by atoms with Crippen molar-refractivity contribution in [2.75, 3.05) is 18.6 Å². The summed E-state index contributed by atoms with van der Waals surface area (Å²) in [6, 6.07) is 10.6. The van der Waals surface area contributed by atoms with Gasteiger partial charge in [0.15, 0.2) is 0 Å². The van der Waals surface area contributed by atoms with Crippen LogP contribution >= 0.6 is 11.6 Å². The Balaban J connectivity index is 1.93. The minimum absolute atomic E-state index is 0.0395. The zero-order valence-electron chi connectivity index (χ0n) is 13.9. The lowest BCUT2D eigenvalue weighted by molar-refractivity contribution is 0.0951. The van der Waals surface area contributed by atoms with Gasteiger partial charge in [-0.05, 0) is 29.8 Å². The van der Waals surface area contributed by atoms with Crippen LogP contribution < -0.4 is 5.32 Å². The highest BCUT2D eigenvalue weighted by Gasteiger charge is 2.12. The van der Waals surface area contributed by atoms with Gasteiger partial charge in [0.1, 0.15) is 15.5 Å². The molecule has 0 aliphatic rings. The molecule has 0 radical (unpaired) electrons. The zero-order chi connectivity index (χ0) is 18.7. The summed E-state index contributed by atoms with van der Waals surface area (Å²) < 4.78 is 22.3. The van der Waals surface area contributed by atoms with Crippen molar-refractivity contribution in [2.45, 2.75) is 0 Å². The lowest BCUT2D eigenvalue weighted by Crippen LogP contribution is -2.29. The van der Waals surface area contributed by atoms with Gasteiger partial charge in [-0.3, -0.25) is 9.78 Å². The van der Waals surface area contributed by atoms with E-state index in [1.54, 1.807) is 36.7 Å². The molecule has 8 heteroatoms. The lowest BCUT2D eigenvalue weighted by atomic mass is 10.0. The number of nitrogens with one attached hydrogen (secondary N) is 1. The van der Waals surface area contributed by atoms with Crippen LogP contribution in [0.2, 0.25) is 5.02 Å². The molecule has 1 aromatic carbocycles. The number of fused-ring (bicyclic) bond motifs is 1. The summed E-state index contributed by atoms with van der Waals surface area (Å²) in [6.45, 7) is 0.0395. The van der Waals surface area contributed by atoms with E-state index in [0.29, 0.717) is 10.5 Å². The molecule has 134 valence electrons. The molecule has 0 bridgehead atoms. The molecular formula is C18H16ClN3O3S. The first kappa shape index (κ1) is 18.3. The molecule has 0 fully saturated rings. The third-order valence-electron chi connectivity index (χ3n) is 3.75. The van der Waals surface area contributed by atoms with Crippen molar-refractivity contribution in [3.05, 3.63) is 59.5 Å². The number of hydrogen-bond donors (Lipinski definition) is 1. The van der Waals surface area contributed by atoms with Crippen LogP contribution in [0.1, 0.15) is 10.5 Å². The first-order valence-electron chi connectivity index (χ1n) is 7.80. The highest BCUT2D eigenvalue weighted by Crippen LogP contribution is 2.27. The van der Waals surface area contributed by atoms with Crippen LogP contribution in [0.5, 0.6) is 0 Å². The molecular weight excluding hydrogens is 374 g/mol. The predicted molar refractivity (Wildman–Crippen MR) is 102 cm³/mol. The molecule has 1 N–H and O–H groups in total. The Kier molecular flexibility index (Phi) is 5.20. The van der Waals surface area contributed by atoms with E-state index in [0.717, 1.165) is 22.8 Å². The topological polar surface area (TPSA) is 89.0 Å². The van der Waals surface area contributed by atoms with Crippen molar-refractivity contribution in [1.82, 2.24) is 15.3 Å². The number of pyridine rings is 2.